The maximum absolute atomic E-state index is 5.15. The second kappa shape index (κ2) is 12.7. The van der Waals surface area contributed by atoms with E-state index in [1.807, 2.05) is 36.4 Å². The van der Waals surface area contributed by atoms with Crippen molar-refractivity contribution in [3.8, 4) is 67.8 Å². The van der Waals surface area contributed by atoms with E-state index >= 15 is 0 Å². The number of rotatable bonds is 4. The number of hydrogen-bond donors (Lipinski definition) is 0. The number of para-hydroxylation sites is 3. The first kappa shape index (κ1) is 32.9. The molecular weight excluding hydrogens is 731 g/mol. The van der Waals surface area contributed by atoms with E-state index in [9.17, 15) is 0 Å². The molecule has 60 heavy (non-hydrogen) atoms. The minimum Gasteiger partial charge on any atom is -0.309 e. The Balaban J connectivity index is 1.14. The Morgan fingerprint density at radius 3 is 1.55 bits per heavy atom. The molecule has 13 rings (SSSR count). The van der Waals surface area contributed by atoms with E-state index in [4.69, 9.17) is 15.0 Å². The largest absolute Gasteiger partial charge is 0.309 e. The Morgan fingerprint density at radius 1 is 0.300 bits per heavy atom. The summed E-state index contributed by atoms with van der Waals surface area (Å²) in [6.45, 7) is 0. The molecule has 12 aromatic rings. The molecule has 0 N–H and O–H groups in total. The van der Waals surface area contributed by atoms with Gasteiger partial charge in [-0.1, -0.05) is 164 Å². The summed E-state index contributed by atoms with van der Waals surface area (Å²) in [6, 6.07) is 71.5. The second-order valence-electron chi connectivity index (χ2n) is 15.5. The maximum atomic E-state index is 5.15. The van der Waals surface area contributed by atoms with Gasteiger partial charge in [0.1, 0.15) is 0 Å². The molecule has 0 atom stereocenters. The first-order valence-corrected chi connectivity index (χ1v) is 20.4. The van der Waals surface area contributed by atoms with Crippen molar-refractivity contribution in [3.05, 3.63) is 200 Å². The van der Waals surface area contributed by atoms with Gasteiger partial charge < -0.3 is 9.13 Å². The van der Waals surface area contributed by atoms with Crippen LogP contribution in [0.2, 0.25) is 0 Å². The molecule has 0 unspecified atom stereocenters. The fourth-order valence-electron chi connectivity index (χ4n) is 9.78. The third kappa shape index (κ3) is 4.66. The number of hydrogen-bond acceptors (Lipinski definition) is 3. The molecule has 4 heterocycles. The molecule has 0 spiro atoms. The van der Waals surface area contributed by atoms with E-state index in [1.165, 1.54) is 60.5 Å². The summed E-state index contributed by atoms with van der Waals surface area (Å²) in [7, 11) is 0. The summed E-state index contributed by atoms with van der Waals surface area (Å²) in [4.78, 5) is 15.3. The molecule has 3 aromatic heterocycles. The van der Waals surface area contributed by atoms with Crippen molar-refractivity contribution in [3.63, 3.8) is 0 Å². The Bertz CT molecular complexity index is 3650. The van der Waals surface area contributed by atoms with Gasteiger partial charge >= 0.3 is 0 Å². The van der Waals surface area contributed by atoms with Crippen LogP contribution in [-0.4, -0.2) is 24.1 Å². The standard InChI is InChI=1S/C55H33N5/c1-3-17-34(18-4-1)53-56-54(35-19-5-2-6-20-35)58-55(57-53)42-31-32-48(39-23-9-7-22-37(39)42)59-47-30-16-13-27-43(47)50-49(59)33-44-40-25-12-15-29-46(40)60-45-28-14-11-24-38(45)36-21-8-10-26-41(36)51(50)52(44)60/h1-33H. The maximum Gasteiger partial charge on any atom is 0.164 e. The summed E-state index contributed by atoms with van der Waals surface area (Å²) >= 11 is 0. The molecule has 0 saturated heterocycles. The van der Waals surface area contributed by atoms with Crippen LogP contribution in [0.25, 0.3) is 122 Å². The van der Waals surface area contributed by atoms with Crippen molar-refractivity contribution >= 4 is 54.4 Å². The van der Waals surface area contributed by atoms with Crippen molar-refractivity contribution in [1.82, 2.24) is 24.1 Å². The van der Waals surface area contributed by atoms with E-state index in [2.05, 4.69) is 173 Å². The molecular formula is C55H33N5. The van der Waals surface area contributed by atoms with Crippen LogP contribution in [0.3, 0.4) is 0 Å². The van der Waals surface area contributed by atoms with Crippen LogP contribution >= 0.6 is 0 Å². The van der Waals surface area contributed by atoms with Gasteiger partial charge in [-0.05, 0) is 52.9 Å². The molecule has 0 aliphatic carbocycles. The van der Waals surface area contributed by atoms with Crippen molar-refractivity contribution < 1.29 is 0 Å². The van der Waals surface area contributed by atoms with E-state index in [0.29, 0.717) is 17.5 Å². The van der Waals surface area contributed by atoms with Gasteiger partial charge in [-0.2, -0.15) is 0 Å². The molecule has 0 amide bonds. The van der Waals surface area contributed by atoms with Gasteiger partial charge in [0.25, 0.3) is 0 Å². The van der Waals surface area contributed by atoms with Crippen molar-refractivity contribution in [1.29, 1.82) is 0 Å². The molecule has 1 aliphatic rings. The second-order valence-corrected chi connectivity index (χ2v) is 15.5. The lowest BCUT2D eigenvalue weighted by molar-refractivity contribution is 1.08. The Morgan fingerprint density at radius 2 is 0.833 bits per heavy atom. The molecule has 0 fully saturated rings. The fraction of sp³-hybridized carbons (Fsp3) is 0. The Hall–Kier alpha value is -8.15. The van der Waals surface area contributed by atoms with Crippen LogP contribution in [0.4, 0.5) is 0 Å². The summed E-state index contributed by atoms with van der Waals surface area (Å²) in [6.07, 6.45) is 0. The first-order chi connectivity index (χ1) is 29.8. The van der Waals surface area contributed by atoms with Gasteiger partial charge in [-0.15, -0.1) is 0 Å². The minimum absolute atomic E-state index is 0.638. The molecule has 5 nitrogen and oxygen atoms in total. The fourth-order valence-corrected chi connectivity index (χ4v) is 9.78. The third-order valence-corrected chi connectivity index (χ3v) is 12.3. The zero-order valence-corrected chi connectivity index (χ0v) is 32.3. The minimum atomic E-state index is 0.638. The number of aromatic nitrogens is 5. The monoisotopic (exact) mass is 763 g/mol. The zero-order chi connectivity index (χ0) is 39.3. The Kier molecular flexibility index (Phi) is 6.95. The van der Waals surface area contributed by atoms with Gasteiger partial charge in [0.15, 0.2) is 17.5 Å². The molecule has 9 aromatic carbocycles. The van der Waals surface area contributed by atoms with Crippen LogP contribution in [0.5, 0.6) is 0 Å². The molecule has 1 aliphatic heterocycles. The molecule has 5 heteroatoms. The summed E-state index contributed by atoms with van der Waals surface area (Å²) in [5.74, 6) is 1.93. The zero-order valence-electron chi connectivity index (χ0n) is 32.3. The average molecular weight is 764 g/mol. The van der Waals surface area contributed by atoms with Crippen molar-refractivity contribution in [2.24, 2.45) is 0 Å². The summed E-state index contributed by atoms with van der Waals surface area (Å²) in [5.41, 5.74) is 14.9. The van der Waals surface area contributed by atoms with E-state index in [1.54, 1.807) is 0 Å². The topological polar surface area (TPSA) is 48.5 Å². The lowest BCUT2D eigenvalue weighted by Crippen LogP contribution is -2.01. The lowest BCUT2D eigenvalue weighted by atomic mass is 9.91. The summed E-state index contributed by atoms with van der Waals surface area (Å²) < 4.78 is 4.99. The highest BCUT2D eigenvalue weighted by Gasteiger charge is 2.29. The highest BCUT2D eigenvalue weighted by molar-refractivity contribution is 6.29. The number of fused-ring (bicyclic) bond motifs is 13. The van der Waals surface area contributed by atoms with Crippen LogP contribution in [0.1, 0.15) is 0 Å². The van der Waals surface area contributed by atoms with Gasteiger partial charge in [0.2, 0.25) is 0 Å². The average Bonchev–Trinajstić information content (AvgIpc) is 3.79. The normalized spacial score (nSPS) is 12.0. The highest BCUT2D eigenvalue weighted by Crippen LogP contribution is 2.52. The lowest BCUT2D eigenvalue weighted by Gasteiger charge is -2.16. The first-order valence-electron chi connectivity index (χ1n) is 20.4. The molecule has 0 bridgehead atoms. The number of nitrogens with zero attached hydrogens (tertiary/aromatic N) is 5. The smallest absolute Gasteiger partial charge is 0.164 e. The van der Waals surface area contributed by atoms with Crippen LogP contribution in [0, 0.1) is 0 Å². The number of benzene rings is 9. The van der Waals surface area contributed by atoms with E-state index in [-0.39, 0.29) is 0 Å². The van der Waals surface area contributed by atoms with Gasteiger partial charge in [0, 0.05) is 54.7 Å². The predicted octanol–water partition coefficient (Wildman–Crippen LogP) is 13.9. The van der Waals surface area contributed by atoms with Gasteiger partial charge in [-0.3, -0.25) is 0 Å². The van der Waals surface area contributed by atoms with Gasteiger partial charge in [-0.25, -0.2) is 15.0 Å². The van der Waals surface area contributed by atoms with Crippen LogP contribution in [-0.2, 0) is 0 Å². The summed E-state index contributed by atoms with van der Waals surface area (Å²) in [5, 5.41) is 7.11. The van der Waals surface area contributed by atoms with Crippen molar-refractivity contribution in [2.45, 2.75) is 0 Å². The SMILES string of the molecule is c1ccc(-c2nc(-c3ccccc3)nc(-c3ccc(-n4c5ccccc5c5c6c7c(cc54)c4ccccc4n7-c4ccccc4-c4ccccc4-6)c4ccccc34)n2)cc1. The highest BCUT2D eigenvalue weighted by atomic mass is 15.0. The molecule has 278 valence electrons. The van der Waals surface area contributed by atoms with E-state index < -0.39 is 0 Å². The van der Waals surface area contributed by atoms with Gasteiger partial charge in [0.05, 0.1) is 33.4 Å². The van der Waals surface area contributed by atoms with E-state index in [0.717, 1.165) is 44.2 Å². The van der Waals surface area contributed by atoms with Crippen LogP contribution < -0.4 is 0 Å². The molecule has 0 saturated carbocycles. The quantitative estimate of drug-likeness (QED) is 0.179. The van der Waals surface area contributed by atoms with Crippen LogP contribution in [0.15, 0.2) is 200 Å². The third-order valence-electron chi connectivity index (χ3n) is 12.3. The molecule has 0 radical (unpaired) electrons. The Labute approximate surface area is 345 Å². The predicted molar refractivity (Wildman–Crippen MR) is 247 cm³/mol. The van der Waals surface area contributed by atoms with Crippen molar-refractivity contribution in [2.75, 3.05) is 0 Å².